The Bertz CT molecular complexity index is 277. The van der Waals surface area contributed by atoms with Crippen LogP contribution in [0.2, 0.25) is 10.0 Å². The van der Waals surface area contributed by atoms with Gasteiger partial charge in [0, 0.05) is 24.0 Å². The minimum absolute atomic E-state index is 0.327. The lowest BCUT2D eigenvalue weighted by Crippen LogP contribution is -2.35. The zero-order chi connectivity index (χ0) is 8.55. The van der Waals surface area contributed by atoms with E-state index in [1.165, 1.54) is 0 Å². The molecular formula is C8H8Cl2N2. The van der Waals surface area contributed by atoms with E-state index in [1.807, 2.05) is 0 Å². The van der Waals surface area contributed by atoms with Crippen LogP contribution in [0.3, 0.4) is 0 Å². The van der Waals surface area contributed by atoms with E-state index in [-0.39, 0.29) is 0 Å². The molecule has 0 aliphatic carbocycles. The molecule has 0 unspecified atom stereocenters. The zero-order valence-corrected chi connectivity index (χ0v) is 7.86. The number of pyridine rings is 1. The molecule has 2 heterocycles. The van der Waals surface area contributed by atoms with E-state index in [1.54, 1.807) is 12.4 Å². The number of halogens is 2. The third-order valence-corrected chi connectivity index (χ3v) is 2.66. The fourth-order valence-corrected chi connectivity index (χ4v) is 1.92. The maximum absolute atomic E-state index is 5.95. The van der Waals surface area contributed by atoms with Crippen LogP contribution in [0, 0.1) is 0 Å². The van der Waals surface area contributed by atoms with Crippen molar-refractivity contribution in [3.63, 3.8) is 0 Å². The van der Waals surface area contributed by atoms with E-state index < -0.39 is 0 Å². The lowest BCUT2D eigenvalue weighted by molar-refractivity contribution is 0.383. The quantitative estimate of drug-likeness (QED) is 0.758. The molecule has 1 N–H and O–H groups in total. The number of aromatic nitrogens is 1. The molecular weight excluding hydrogens is 195 g/mol. The highest BCUT2D eigenvalue weighted by molar-refractivity contribution is 6.35. The van der Waals surface area contributed by atoms with Crippen LogP contribution in [0.1, 0.15) is 18.0 Å². The first kappa shape index (κ1) is 8.30. The average molecular weight is 203 g/mol. The Balaban J connectivity index is 2.39. The second kappa shape index (κ2) is 3.21. The summed E-state index contributed by atoms with van der Waals surface area (Å²) in [5.74, 6) is 0. The molecule has 1 aromatic rings. The van der Waals surface area contributed by atoms with Gasteiger partial charge in [-0.1, -0.05) is 23.2 Å². The summed E-state index contributed by atoms with van der Waals surface area (Å²) in [6, 6.07) is 0.327. The summed E-state index contributed by atoms with van der Waals surface area (Å²) in [5.41, 5.74) is 0.986. The van der Waals surface area contributed by atoms with Crippen LogP contribution >= 0.6 is 23.2 Å². The fourth-order valence-electron chi connectivity index (χ4n) is 1.29. The monoisotopic (exact) mass is 202 g/mol. The van der Waals surface area contributed by atoms with Crippen LogP contribution in [0.4, 0.5) is 0 Å². The zero-order valence-electron chi connectivity index (χ0n) is 6.35. The van der Waals surface area contributed by atoms with Crippen LogP contribution in [-0.4, -0.2) is 11.5 Å². The Morgan fingerprint density at radius 2 is 1.92 bits per heavy atom. The van der Waals surface area contributed by atoms with Crippen molar-refractivity contribution in [3.05, 3.63) is 28.0 Å². The molecule has 1 aromatic heterocycles. The van der Waals surface area contributed by atoms with Gasteiger partial charge in [-0.15, -0.1) is 0 Å². The molecule has 0 bridgehead atoms. The second-order valence-corrected chi connectivity index (χ2v) is 3.63. The van der Waals surface area contributed by atoms with Crippen molar-refractivity contribution in [2.45, 2.75) is 12.5 Å². The topological polar surface area (TPSA) is 24.9 Å². The van der Waals surface area contributed by atoms with Gasteiger partial charge in [-0.05, 0) is 13.0 Å². The van der Waals surface area contributed by atoms with Crippen molar-refractivity contribution in [1.29, 1.82) is 0 Å². The first-order valence-corrected chi connectivity index (χ1v) is 4.57. The first-order valence-electron chi connectivity index (χ1n) is 3.81. The number of hydrogen-bond donors (Lipinski definition) is 1. The van der Waals surface area contributed by atoms with Crippen molar-refractivity contribution in [1.82, 2.24) is 10.3 Å². The van der Waals surface area contributed by atoms with Gasteiger partial charge in [0.05, 0.1) is 10.0 Å². The van der Waals surface area contributed by atoms with Crippen molar-refractivity contribution in [2.75, 3.05) is 6.54 Å². The van der Waals surface area contributed by atoms with Crippen molar-refractivity contribution in [2.24, 2.45) is 0 Å². The lowest BCUT2D eigenvalue weighted by Gasteiger charge is -2.29. The van der Waals surface area contributed by atoms with Gasteiger partial charge in [0.15, 0.2) is 0 Å². The third-order valence-electron chi connectivity index (χ3n) is 2.06. The molecule has 1 saturated heterocycles. The summed E-state index contributed by atoms with van der Waals surface area (Å²) < 4.78 is 0. The van der Waals surface area contributed by atoms with E-state index >= 15 is 0 Å². The van der Waals surface area contributed by atoms with Gasteiger partial charge in [0.25, 0.3) is 0 Å². The number of rotatable bonds is 1. The molecule has 2 rings (SSSR count). The van der Waals surface area contributed by atoms with Gasteiger partial charge in [-0.25, -0.2) is 0 Å². The molecule has 64 valence electrons. The normalized spacial score (nSPS) is 22.0. The maximum Gasteiger partial charge on any atom is 0.0652 e. The first-order chi connectivity index (χ1) is 5.79. The Kier molecular flexibility index (Phi) is 2.22. The molecule has 0 saturated carbocycles. The minimum Gasteiger partial charge on any atom is -0.310 e. The second-order valence-electron chi connectivity index (χ2n) is 2.81. The Labute approximate surface area is 80.9 Å². The molecule has 12 heavy (non-hydrogen) atoms. The molecule has 1 aliphatic heterocycles. The molecule has 0 spiro atoms. The van der Waals surface area contributed by atoms with E-state index in [0.717, 1.165) is 18.5 Å². The smallest absolute Gasteiger partial charge is 0.0652 e. The summed E-state index contributed by atoms with van der Waals surface area (Å²) in [7, 11) is 0. The van der Waals surface area contributed by atoms with Gasteiger partial charge < -0.3 is 5.32 Å². The van der Waals surface area contributed by atoms with E-state index in [0.29, 0.717) is 16.1 Å². The maximum atomic E-state index is 5.95. The van der Waals surface area contributed by atoms with E-state index in [4.69, 9.17) is 23.2 Å². The Morgan fingerprint density at radius 1 is 1.33 bits per heavy atom. The predicted molar refractivity (Wildman–Crippen MR) is 49.6 cm³/mol. The lowest BCUT2D eigenvalue weighted by atomic mass is 9.99. The highest BCUT2D eigenvalue weighted by Crippen LogP contribution is 2.33. The summed E-state index contributed by atoms with van der Waals surface area (Å²) >= 11 is 11.9. The number of nitrogens with zero attached hydrogens (tertiary/aromatic N) is 1. The van der Waals surface area contributed by atoms with Crippen LogP contribution in [0.5, 0.6) is 0 Å². The van der Waals surface area contributed by atoms with Gasteiger partial charge in [-0.2, -0.15) is 0 Å². The summed E-state index contributed by atoms with van der Waals surface area (Å²) in [6.07, 6.45) is 4.36. The van der Waals surface area contributed by atoms with Crippen molar-refractivity contribution < 1.29 is 0 Å². The van der Waals surface area contributed by atoms with Gasteiger partial charge in [0.2, 0.25) is 0 Å². The molecule has 1 fully saturated rings. The highest BCUT2D eigenvalue weighted by atomic mass is 35.5. The number of hydrogen-bond acceptors (Lipinski definition) is 2. The molecule has 0 radical (unpaired) electrons. The van der Waals surface area contributed by atoms with E-state index in [9.17, 15) is 0 Å². The molecule has 0 aromatic carbocycles. The summed E-state index contributed by atoms with van der Waals surface area (Å²) in [5, 5.41) is 4.55. The summed E-state index contributed by atoms with van der Waals surface area (Å²) in [4.78, 5) is 3.89. The SMILES string of the molecule is Clc1cncc(Cl)c1[C@@H]1CCN1. The molecule has 4 heteroatoms. The fraction of sp³-hybridized carbons (Fsp3) is 0.375. The van der Waals surface area contributed by atoms with Crippen LogP contribution in [0.15, 0.2) is 12.4 Å². The predicted octanol–water partition coefficient (Wildman–Crippen LogP) is 2.42. The highest BCUT2D eigenvalue weighted by Gasteiger charge is 2.23. The summed E-state index contributed by atoms with van der Waals surface area (Å²) in [6.45, 7) is 1.04. The average Bonchev–Trinajstić information content (AvgIpc) is 1.93. The van der Waals surface area contributed by atoms with Crippen molar-refractivity contribution in [3.8, 4) is 0 Å². The molecule has 0 amide bonds. The van der Waals surface area contributed by atoms with Crippen molar-refractivity contribution >= 4 is 23.2 Å². The Hall–Kier alpha value is -0.310. The van der Waals surface area contributed by atoms with Crippen LogP contribution in [0.25, 0.3) is 0 Å². The molecule has 1 aliphatic rings. The van der Waals surface area contributed by atoms with E-state index in [2.05, 4.69) is 10.3 Å². The standard InChI is InChI=1S/C8H8Cl2N2/c9-5-3-11-4-6(10)8(5)7-1-2-12-7/h3-4,7,12H,1-2H2/t7-/m0/s1. The van der Waals surface area contributed by atoms with Gasteiger partial charge in [-0.3, -0.25) is 4.98 Å². The molecule has 2 nitrogen and oxygen atoms in total. The minimum atomic E-state index is 0.327. The largest absolute Gasteiger partial charge is 0.310 e. The molecule has 1 atom stereocenters. The third kappa shape index (κ3) is 1.30. The van der Waals surface area contributed by atoms with Gasteiger partial charge in [0.1, 0.15) is 0 Å². The van der Waals surface area contributed by atoms with Gasteiger partial charge >= 0.3 is 0 Å². The number of nitrogens with one attached hydrogen (secondary N) is 1. The van der Waals surface area contributed by atoms with Crippen LogP contribution in [-0.2, 0) is 0 Å². The van der Waals surface area contributed by atoms with Crippen LogP contribution < -0.4 is 5.32 Å². The Morgan fingerprint density at radius 3 is 2.33 bits per heavy atom.